The molecule has 0 radical (unpaired) electrons. The van der Waals surface area contributed by atoms with Crippen molar-refractivity contribution in [2.75, 3.05) is 11.9 Å². The predicted molar refractivity (Wildman–Crippen MR) is 127 cm³/mol. The number of pyridine rings is 1. The molecule has 0 saturated carbocycles. The molecule has 0 aliphatic heterocycles. The normalized spacial score (nSPS) is 12.2. The second kappa shape index (κ2) is 9.00. The van der Waals surface area contributed by atoms with E-state index in [4.69, 9.17) is 5.73 Å². The van der Waals surface area contributed by atoms with E-state index in [1.54, 1.807) is 29.5 Å². The van der Waals surface area contributed by atoms with Gasteiger partial charge >= 0.3 is 0 Å². The van der Waals surface area contributed by atoms with Crippen LogP contribution in [-0.2, 0) is 6.54 Å². The first kappa shape index (κ1) is 21.1. The van der Waals surface area contributed by atoms with Gasteiger partial charge in [0.25, 0.3) is 0 Å². The van der Waals surface area contributed by atoms with Gasteiger partial charge in [-0.05, 0) is 41.1 Å². The minimum absolute atomic E-state index is 0.158. The number of nitrogens with two attached hydrogens (primary N) is 1. The molecular formula is C23H21FN8S. The van der Waals surface area contributed by atoms with Gasteiger partial charge in [-0.2, -0.15) is 0 Å². The van der Waals surface area contributed by atoms with Crippen LogP contribution < -0.4 is 11.1 Å². The van der Waals surface area contributed by atoms with E-state index in [1.807, 2.05) is 31.2 Å². The molecule has 5 rings (SSSR count). The predicted octanol–water partition coefficient (Wildman–Crippen LogP) is 4.28. The highest BCUT2D eigenvalue weighted by molar-refractivity contribution is 7.22. The van der Waals surface area contributed by atoms with Gasteiger partial charge in [0.05, 0.1) is 23.8 Å². The summed E-state index contributed by atoms with van der Waals surface area (Å²) in [6, 6.07) is 9.83. The van der Waals surface area contributed by atoms with Gasteiger partial charge in [0.1, 0.15) is 5.69 Å². The molecule has 33 heavy (non-hydrogen) atoms. The summed E-state index contributed by atoms with van der Waals surface area (Å²) < 4.78 is 17.5. The van der Waals surface area contributed by atoms with E-state index in [9.17, 15) is 4.39 Å². The maximum Gasteiger partial charge on any atom is 0.223 e. The van der Waals surface area contributed by atoms with Crippen molar-refractivity contribution in [3.05, 3.63) is 72.7 Å². The van der Waals surface area contributed by atoms with Crippen molar-refractivity contribution in [3.63, 3.8) is 0 Å². The molecule has 0 bridgehead atoms. The van der Waals surface area contributed by atoms with Crippen LogP contribution in [0.25, 0.3) is 31.8 Å². The van der Waals surface area contributed by atoms with E-state index in [-0.39, 0.29) is 11.7 Å². The average Bonchev–Trinajstić information content (AvgIpc) is 3.50. The summed E-state index contributed by atoms with van der Waals surface area (Å²) >= 11 is 1.50. The first-order valence-corrected chi connectivity index (χ1v) is 11.2. The van der Waals surface area contributed by atoms with E-state index < -0.39 is 5.82 Å². The number of hydrogen-bond donors (Lipinski definition) is 2. The lowest BCUT2D eigenvalue weighted by Crippen LogP contribution is -2.13. The summed E-state index contributed by atoms with van der Waals surface area (Å²) in [6.07, 6.45) is 8.14. The second-order valence-corrected chi connectivity index (χ2v) is 8.62. The van der Waals surface area contributed by atoms with Crippen molar-refractivity contribution >= 4 is 27.4 Å². The molecule has 166 valence electrons. The minimum Gasteiger partial charge on any atom is -0.352 e. The van der Waals surface area contributed by atoms with Gasteiger partial charge in [-0.1, -0.05) is 23.4 Å². The lowest BCUT2D eigenvalue weighted by molar-refractivity contribution is 0.604. The fraction of sp³-hybridized carbons (Fsp3) is 0.174. The lowest BCUT2D eigenvalue weighted by atomic mass is 9.97. The number of halogens is 1. The third kappa shape index (κ3) is 4.30. The number of hydrogen-bond acceptors (Lipinski definition) is 8. The van der Waals surface area contributed by atoms with Gasteiger partial charge < -0.3 is 11.1 Å². The molecule has 5 aromatic rings. The molecule has 0 spiro atoms. The van der Waals surface area contributed by atoms with Crippen molar-refractivity contribution in [1.29, 1.82) is 0 Å². The van der Waals surface area contributed by atoms with Crippen molar-refractivity contribution in [3.8, 4) is 21.7 Å². The van der Waals surface area contributed by atoms with Crippen LogP contribution in [0.3, 0.4) is 0 Å². The largest absolute Gasteiger partial charge is 0.352 e. The van der Waals surface area contributed by atoms with Crippen molar-refractivity contribution < 1.29 is 4.39 Å². The Bertz CT molecular complexity index is 1400. The molecule has 8 nitrogen and oxygen atoms in total. The minimum atomic E-state index is -0.467. The highest BCUT2D eigenvalue weighted by Gasteiger charge is 2.17. The zero-order chi connectivity index (χ0) is 22.8. The molecule has 10 heteroatoms. The SMILES string of the molecule is CC(N)c1cnccc1-c1cccc2cc(-c3nc(NCCn4ccnn4)ncc3F)sc12. The zero-order valence-corrected chi connectivity index (χ0v) is 18.6. The summed E-state index contributed by atoms with van der Waals surface area (Å²) in [4.78, 5) is 13.5. The molecular weight excluding hydrogens is 439 g/mol. The van der Waals surface area contributed by atoms with E-state index in [1.165, 1.54) is 17.5 Å². The van der Waals surface area contributed by atoms with Gasteiger partial charge in [0.2, 0.25) is 5.95 Å². The molecule has 4 aromatic heterocycles. The highest BCUT2D eigenvalue weighted by atomic mass is 32.1. The third-order valence-electron chi connectivity index (χ3n) is 5.25. The lowest BCUT2D eigenvalue weighted by Gasteiger charge is -2.12. The first-order valence-electron chi connectivity index (χ1n) is 10.4. The summed E-state index contributed by atoms with van der Waals surface area (Å²) in [5.41, 5.74) is 9.48. The van der Waals surface area contributed by atoms with Crippen LogP contribution in [0.15, 0.2) is 61.3 Å². The van der Waals surface area contributed by atoms with Crippen molar-refractivity contribution in [1.82, 2.24) is 29.9 Å². The van der Waals surface area contributed by atoms with E-state index in [0.717, 1.165) is 31.7 Å². The standard InChI is InChI=1S/C23H21FN8S/c1-14(25)18-12-26-6-5-16(18)17-4-2-3-15-11-20(33-22(15)17)21-19(24)13-28-23(30-21)27-7-9-32-10-8-29-31-32/h2-6,8,10-14H,7,9,25H2,1H3,(H,27,28,30). The molecule has 0 aliphatic carbocycles. The summed E-state index contributed by atoms with van der Waals surface area (Å²) in [6.45, 7) is 3.07. The molecule has 1 aromatic carbocycles. The van der Waals surface area contributed by atoms with E-state index >= 15 is 0 Å². The number of fused-ring (bicyclic) bond motifs is 1. The van der Waals surface area contributed by atoms with Crippen LogP contribution in [0.1, 0.15) is 18.5 Å². The number of rotatable bonds is 7. The van der Waals surface area contributed by atoms with Crippen LogP contribution >= 0.6 is 11.3 Å². The average molecular weight is 461 g/mol. The molecule has 3 N–H and O–H groups in total. The monoisotopic (exact) mass is 460 g/mol. The van der Waals surface area contributed by atoms with E-state index in [2.05, 4.69) is 36.6 Å². The zero-order valence-electron chi connectivity index (χ0n) is 17.8. The van der Waals surface area contributed by atoms with Crippen molar-refractivity contribution in [2.45, 2.75) is 19.5 Å². The van der Waals surface area contributed by atoms with Crippen LogP contribution in [-0.4, -0.2) is 36.5 Å². The van der Waals surface area contributed by atoms with E-state index in [0.29, 0.717) is 19.0 Å². The topological polar surface area (TPSA) is 107 Å². The van der Waals surface area contributed by atoms with Crippen LogP contribution in [0.2, 0.25) is 0 Å². The van der Waals surface area contributed by atoms with Gasteiger partial charge in [0.15, 0.2) is 5.82 Å². The van der Waals surface area contributed by atoms with Gasteiger partial charge in [-0.25, -0.2) is 14.4 Å². The maximum atomic E-state index is 14.7. The molecule has 0 amide bonds. The first-order chi connectivity index (χ1) is 16.1. The Morgan fingerprint density at radius 2 is 2.09 bits per heavy atom. The van der Waals surface area contributed by atoms with Crippen LogP contribution in [0.4, 0.5) is 10.3 Å². The maximum absolute atomic E-state index is 14.7. The third-order valence-corrected chi connectivity index (χ3v) is 6.44. The van der Waals surface area contributed by atoms with Gasteiger partial charge in [-0.3, -0.25) is 9.67 Å². The Kier molecular flexibility index (Phi) is 5.76. The Balaban J connectivity index is 1.49. The fourth-order valence-electron chi connectivity index (χ4n) is 3.67. The molecule has 1 atom stereocenters. The van der Waals surface area contributed by atoms with Crippen molar-refractivity contribution in [2.24, 2.45) is 5.73 Å². The Labute approximate surface area is 193 Å². The molecule has 0 saturated heterocycles. The van der Waals surface area contributed by atoms with Crippen LogP contribution in [0.5, 0.6) is 0 Å². The Morgan fingerprint density at radius 3 is 2.91 bits per heavy atom. The summed E-state index contributed by atoms with van der Waals surface area (Å²) in [5, 5.41) is 11.8. The number of aromatic nitrogens is 6. The number of nitrogens with zero attached hydrogens (tertiary/aromatic N) is 6. The molecule has 0 aliphatic rings. The second-order valence-electron chi connectivity index (χ2n) is 7.57. The summed E-state index contributed by atoms with van der Waals surface area (Å²) in [7, 11) is 0. The molecule has 1 unspecified atom stereocenters. The smallest absolute Gasteiger partial charge is 0.223 e. The quantitative estimate of drug-likeness (QED) is 0.373. The highest BCUT2D eigenvalue weighted by Crippen LogP contribution is 2.40. The van der Waals surface area contributed by atoms with Gasteiger partial charge in [-0.15, -0.1) is 16.4 Å². The van der Waals surface area contributed by atoms with Gasteiger partial charge in [0, 0.05) is 35.9 Å². The van der Waals surface area contributed by atoms with Crippen LogP contribution in [0, 0.1) is 5.82 Å². The summed E-state index contributed by atoms with van der Waals surface area (Å²) in [5.74, 6) is -0.109. The molecule has 4 heterocycles. The number of thiophene rings is 1. The Morgan fingerprint density at radius 1 is 1.18 bits per heavy atom. The fourth-order valence-corrected chi connectivity index (χ4v) is 4.84. The Hall–Kier alpha value is -3.76. The number of nitrogens with one attached hydrogen (secondary N) is 1. The molecule has 0 fully saturated rings. The number of anilines is 1. The number of benzene rings is 1.